The number of nitrogens with one attached hydrogen (secondary N) is 6. The summed E-state index contributed by atoms with van der Waals surface area (Å²) in [6.45, 7) is 18.7. The lowest BCUT2D eigenvalue weighted by Crippen LogP contribution is -2.52. The number of alkyl carbamates (subject to hydrolysis) is 3. The van der Waals surface area contributed by atoms with Gasteiger partial charge in [-0.25, -0.2) is 14.4 Å². The predicted octanol–water partition coefficient (Wildman–Crippen LogP) is 9.74. The Kier molecular flexibility index (Phi) is 25.0. The van der Waals surface area contributed by atoms with Crippen molar-refractivity contribution in [2.75, 3.05) is 45.6 Å². The van der Waals surface area contributed by atoms with Crippen LogP contribution >= 0.6 is 11.6 Å². The van der Waals surface area contributed by atoms with Crippen LogP contribution in [0, 0.1) is 11.8 Å². The highest BCUT2D eigenvalue weighted by molar-refractivity contribution is 6.30. The number of nitrogens with two attached hydrogens (primary N) is 1. The van der Waals surface area contributed by atoms with Crippen LogP contribution in [-0.2, 0) is 39.8 Å². The first-order valence-electron chi connectivity index (χ1n) is 30.4. The van der Waals surface area contributed by atoms with Gasteiger partial charge in [0.25, 0.3) is 0 Å². The maximum Gasteiger partial charge on any atom is 0.407 e. The molecule has 6 amide bonds. The van der Waals surface area contributed by atoms with E-state index < -0.39 is 101 Å². The molecule has 1 aliphatic rings. The molecule has 23 nitrogen and oxygen atoms in total. The smallest absolute Gasteiger partial charge is 0.407 e. The van der Waals surface area contributed by atoms with Crippen molar-refractivity contribution in [3.8, 4) is 33.8 Å². The molecule has 0 aliphatic carbocycles. The minimum Gasteiger partial charge on any atom is -0.491 e. The average molecular weight is 1280 g/mol. The maximum atomic E-state index is 15.5. The lowest BCUT2D eigenvalue weighted by molar-refractivity contribution is -0.142. The second-order valence-electron chi connectivity index (χ2n) is 25.6. The van der Waals surface area contributed by atoms with Crippen LogP contribution < -0.4 is 41.8 Å². The Morgan fingerprint density at radius 2 is 1.25 bits per heavy atom. The SMILES string of the molecule is C[C@@H]1CC(=O)[C@@H](N(C)C(=O)[C@H](CCCCNC(=O)OC(C)(C)C)CC(=O)c2ccc(-c3ccc(Cl)cc3)cc2)c2ccc(OCCNC(=O)OC(C)(C)C)c(c2)-c2cc(ccc2OCCNC(=O)OC(C)(C)C)C[C@@H](C(=O)N[C@@H](C)C(O)c2[nH]ncc2N)NC1=O. The van der Waals surface area contributed by atoms with Crippen molar-refractivity contribution in [2.45, 2.75) is 156 Å². The standard InChI is InChI=1S/C67H88ClN9O14/c1-39-33-53(79)57(77(12)61(83)46(15-13-14-28-70-62(84)89-65(3,4)5)37-52(78)44-19-17-42(18-20-44)43-21-24-47(68)25-22-43)45-23-27-55(88-32-30-72-64(86)91-67(9,10)11)49(36-45)48-34-41(16-26-54(48)87-31-29-71-63(85)90-66(6,7)8)35-51(75-59(39)81)60(82)74-40(2)58(80)56-50(69)38-73-76-56/h16-27,34,36,38-40,46,51,57-58,80H,13-15,28-33,35,37,69H2,1-12H3,(H,70,84)(H,71,85)(H,72,86)(H,73,76)(H,74,82)(H,75,81)/t39-,40+,46-,51+,57+,58?/m1/s1. The number of nitrogen functional groups attached to an aromatic ring is 1. The Morgan fingerprint density at radius 3 is 1.79 bits per heavy atom. The molecule has 5 aromatic rings. The Labute approximate surface area is 536 Å². The molecule has 6 atom stereocenters. The maximum absolute atomic E-state index is 15.5. The van der Waals surface area contributed by atoms with Gasteiger partial charge in [0.1, 0.15) is 59.7 Å². The molecule has 0 radical (unpaired) electrons. The number of Topliss-reactive ketones (excluding diaryl/α,β-unsaturated/α-hetero) is 2. The van der Waals surface area contributed by atoms with Gasteiger partial charge in [0.15, 0.2) is 11.6 Å². The van der Waals surface area contributed by atoms with E-state index in [1.54, 1.807) is 142 Å². The fourth-order valence-corrected chi connectivity index (χ4v) is 10.1. The van der Waals surface area contributed by atoms with E-state index in [9.17, 15) is 33.9 Å². The summed E-state index contributed by atoms with van der Waals surface area (Å²) in [6.07, 6.45) is -1.87. The number of hydrogen-bond donors (Lipinski definition) is 8. The fraction of sp³-hybridized carbons (Fsp3) is 0.478. The number of nitrogens with zero attached hydrogens (tertiary/aromatic N) is 2. The van der Waals surface area contributed by atoms with Gasteiger partial charge >= 0.3 is 18.3 Å². The number of aliphatic hydroxyl groups excluding tert-OH is 1. The minimum absolute atomic E-state index is 0.00134. The summed E-state index contributed by atoms with van der Waals surface area (Å²) in [4.78, 5) is 114. The Bertz CT molecular complexity index is 3350. The molecule has 6 rings (SSSR count). The molecule has 4 bridgehead atoms. The number of amides is 6. The second kappa shape index (κ2) is 31.8. The van der Waals surface area contributed by atoms with Crippen LogP contribution in [0.25, 0.3) is 22.3 Å². The van der Waals surface area contributed by atoms with Gasteiger partial charge in [0.2, 0.25) is 17.7 Å². The summed E-state index contributed by atoms with van der Waals surface area (Å²) in [5, 5.41) is 32.1. The average Bonchev–Trinajstić information content (AvgIpc) is 1.58. The van der Waals surface area contributed by atoms with Gasteiger partial charge in [-0.3, -0.25) is 29.1 Å². The normalized spacial score (nSPS) is 16.3. The summed E-state index contributed by atoms with van der Waals surface area (Å²) in [7, 11) is 1.47. The van der Waals surface area contributed by atoms with Gasteiger partial charge in [-0.15, -0.1) is 0 Å². The third-order valence-electron chi connectivity index (χ3n) is 14.4. The van der Waals surface area contributed by atoms with Gasteiger partial charge in [0.05, 0.1) is 36.7 Å². The summed E-state index contributed by atoms with van der Waals surface area (Å²) in [5.41, 5.74) is 7.62. The van der Waals surface area contributed by atoms with Gasteiger partial charge in [0, 0.05) is 66.4 Å². The van der Waals surface area contributed by atoms with E-state index in [0.717, 1.165) is 11.1 Å². The number of benzene rings is 4. The van der Waals surface area contributed by atoms with Crippen molar-refractivity contribution in [3.05, 3.63) is 119 Å². The Hall–Kier alpha value is -8.70. The van der Waals surface area contributed by atoms with Crippen molar-refractivity contribution in [3.63, 3.8) is 0 Å². The molecule has 24 heteroatoms. The van der Waals surface area contributed by atoms with Crippen LogP contribution in [0.1, 0.15) is 148 Å². The first kappa shape index (κ1) is 71.4. The van der Waals surface area contributed by atoms with E-state index in [0.29, 0.717) is 40.1 Å². The van der Waals surface area contributed by atoms with E-state index in [2.05, 4.69) is 36.8 Å². The molecule has 1 aromatic heterocycles. The molecule has 492 valence electrons. The van der Waals surface area contributed by atoms with Crippen LogP contribution in [0.5, 0.6) is 11.5 Å². The highest BCUT2D eigenvalue weighted by Crippen LogP contribution is 2.41. The van der Waals surface area contributed by atoms with E-state index in [1.165, 1.54) is 25.1 Å². The van der Waals surface area contributed by atoms with Gasteiger partial charge < -0.3 is 66.0 Å². The van der Waals surface area contributed by atoms with E-state index in [-0.39, 0.29) is 86.3 Å². The summed E-state index contributed by atoms with van der Waals surface area (Å²) in [5.74, 6) is -4.45. The van der Waals surface area contributed by atoms with Crippen molar-refractivity contribution >= 4 is 64.9 Å². The molecular formula is C67H88ClN9O14. The van der Waals surface area contributed by atoms with Gasteiger partial charge in [-0.2, -0.15) is 5.10 Å². The van der Waals surface area contributed by atoms with E-state index in [4.69, 9.17) is 41.0 Å². The first-order valence-corrected chi connectivity index (χ1v) is 30.8. The number of hydrogen-bond acceptors (Lipinski definition) is 16. The zero-order chi connectivity index (χ0) is 67.0. The number of anilines is 1. The number of aromatic amines is 1. The van der Waals surface area contributed by atoms with Crippen LogP contribution in [-0.4, -0.2) is 137 Å². The number of H-pyrrole nitrogens is 1. The van der Waals surface area contributed by atoms with Crippen molar-refractivity contribution < 1.29 is 67.1 Å². The third kappa shape index (κ3) is 22.0. The number of carbonyl (C=O) groups excluding carboxylic acids is 8. The number of fused-ring (bicyclic) bond motifs is 5. The highest BCUT2D eigenvalue weighted by Gasteiger charge is 2.37. The van der Waals surface area contributed by atoms with E-state index in [1.807, 2.05) is 12.1 Å². The monoisotopic (exact) mass is 1280 g/mol. The molecule has 0 saturated heterocycles. The third-order valence-corrected chi connectivity index (χ3v) is 14.7. The number of aliphatic hydroxyl groups is 1. The highest BCUT2D eigenvalue weighted by atomic mass is 35.5. The Morgan fingerprint density at radius 1 is 0.725 bits per heavy atom. The Balaban J connectivity index is 1.45. The topological polar surface area (TPSA) is 321 Å². The molecule has 1 aliphatic heterocycles. The second-order valence-corrected chi connectivity index (χ2v) is 26.1. The quantitative estimate of drug-likeness (QED) is 0.0171. The molecule has 1 unspecified atom stereocenters. The molecule has 4 aromatic carbocycles. The number of likely N-dealkylation sites (N-methyl/N-ethyl adjacent to an activating group) is 1. The summed E-state index contributed by atoms with van der Waals surface area (Å²) >= 11 is 6.15. The number of unbranched alkanes of at least 4 members (excludes halogenated alkanes) is 1. The van der Waals surface area contributed by atoms with Crippen molar-refractivity contribution in [2.24, 2.45) is 11.8 Å². The zero-order valence-electron chi connectivity index (χ0n) is 54.0. The molecular weight excluding hydrogens is 1190 g/mol. The van der Waals surface area contributed by atoms with Crippen LogP contribution in [0.3, 0.4) is 0 Å². The number of aromatic nitrogens is 2. The van der Waals surface area contributed by atoms with Crippen molar-refractivity contribution in [1.82, 2.24) is 41.7 Å². The van der Waals surface area contributed by atoms with Crippen LogP contribution in [0.4, 0.5) is 20.1 Å². The molecule has 2 heterocycles. The van der Waals surface area contributed by atoms with E-state index >= 15 is 9.59 Å². The number of ketones is 2. The molecule has 0 saturated carbocycles. The summed E-state index contributed by atoms with van der Waals surface area (Å²) in [6, 6.07) is 20.5. The lowest BCUT2D eigenvalue weighted by atomic mass is 9.88. The predicted molar refractivity (Wildman–Crippen MR) is 344 cm³/mol. The first-order chi connectivity index (χ1) is 42.7. The van der Waals surface area contributed by atoms with Crippen LogP contribution in [0.15, 0.2) is 91.1 Å². The minimum atomic E-state index is -1.42. The van der Waals surface area contributed by atoms with Gasteiger partial charge in [-0.05, 0) is 141 Å². The zero-order valence-corrected chi connectivity index (χ0v) is 54.8. The molecule has 91 heavy (non-hydrogen) atoms. The molecule has 0 fully saturated rings. The molecule has 0 spiro atoms. The van der Waals surface area contributed by atoms with Gasteiger partial charge in [-0.1, -0.05) is 73.5 Å². The number of halogens is 1. The number of carbonyl (C=O) groups is 8. The number of rotatable bonds is 23. The fourth-order valence-electron chi connectivity index (χ4n) is 10.0. The van der Waals surface area contributed by atoms with Crippen LogP contribution in [0.2, 0.25) is 5.02 Å². The molecule has 9 N–H and O–H groups in total. The van der Waals surface area contributed by atoms with Crippen molar-refractivity contribution in [1.29, 1.82) is 0 Å². The number of ether oxygens (including phenoxy) is 5. The largest absolute Gasteiger partial charge is 0.491 e. The summed E-state index contributed by atoms with van der Waals surface area (Å²) < 4.78 is 29.2. The lowest BCUT2D eigenvalue weighted by Gasteiger charge is -2.32.